The summed E-state index contributed by atoms with van der Waals surface area (Å²) in [5.74, 6) is -0.340. The van der Waals surface area contributed by atoms with Gasteiger partial charge in [-0.05, 0) is 30.4 Å². The molecule has 0 aliphatic carbocycles. The molecule has 0 bridgehead atoms. The molecule has 0 spiro atoms. The van der Waals surface area contributed by atoms with Crippen molar-refractivity contribution in [1.29, 1.82) is 0 Å². The SMILES string of the molecule is CN1CCN(CCc2nonc2C(N)=Nc2ccc(F)c(Cl)c2)CC1. The van der Waals surface area contributed by atoms with Crippen LogP contribution in [-0.4, -0.2) is 65.7 Å². The van der Waals surface area contributed by atoms with Crippen LogP contribution < -0.4 is 5.73 Å². The van der Waals surface area contributed by atoms with E-state index in [9.17, 15) is 4.39 Å². The van der Waals surface area contributed by atoms with Crippen LogP contribution in [0.1, 0.15) is 11.4 Å². The van der Waals surface area contributed by atoms with Gasteiger partial charge in [-0.25, -0.2) is 14.0 Å². The summed E-state index contributed by atoms with van der Waals surface area (Å²) in [6.07, 6.45) is 0.670. The third-order valence-corrected chi connectivity index (χ3v) is 4.50. The van der Waals surface area contributed by atoms with Crippen molar-refractivity contribution < 1.29 is 9.02 Å². The number of aromatic nitrogens is 2. The van der Waals surface area contributed by atoms with Gasteiger partial charge in [0.15, 0.2) is 11.5 Å². The molecule has 0 amide bonds. The monoisotopic (exact) mass is 366 g/mol. The van der Waals surface area contributed by atoms with Gasteiger partial charge in [0, 0.05) is 39.1 Å². The number of hydrogen-bond donors (Lipinski definition) is 1. The molecule has 2 N–H and O–H groups in total. The predicted molar refractivity (Wildman–Crippen MR) is 93.7 cm³/mol. The van der Waals surface area contributed by atoms with Gasteiger partial charge in [0.1, 0.15) is 11.5 Å². The van der Waals surface area contributed by atoms with E-state index in [2.05, 4.69) is 32.2 Å². The van der Waals surface area contributed by atoms with E-state index in [0.717, 1.165) is 32.7 Å². The van der Waals surface area contributed by atoms with Crippen LogP contribution in [0.15, 0.2) is 27.8 Å². The first-order valence-corrected chi connectivity index (χ1v) is 8.42. The van der Waals surface area contributed by atoms with Crippen molar-refractivity contribution in [1.82, 2.24) is 20.1 Å². The van der Waals surface area contributed by atoms with Crippen LogP contribution in [0, 0.1) is 5.82 Å². The number of nitrogens with two attached hydrogens (primary N) is 1. The quantitative estimate of drug-likeness (QED) is 0.640. The van der Waals surface area contributed by atoms with Gasteiger partial charge in [0.05, 0.1) is 10.7 Å². The maximum Gasteiger partial charge on any atom is 0.173 e. The van der Waals surface area contributed by atoms with E-state index in [1.54, 1.807) is 0 Å². The van der Waals surface area contributed by atoms with Gasteiger partial charge in [0.25, 0.3) is 0 Å². The summed E-state index contributed by atoms with van der Waals surface area (Å²) in [7, 11) is 2.12. The molecule has 134 valence electrons. The van der Waals surface area contributed by atoms with E-state index in [1.807, 2.05) is 0 Å². The molecule has 1 fully saturated rings. The normalized spacial score (nSPS) is 17.2. The number of halogens is 2. The molecule has 1 aliphatic rings. The molecule has 1 saturated heterocycles. The Bertz CT molecular complexity index is 757. The van der Waals surface area contributed by atoms with E-state index in [4.69, 9.17) is 22.0 Å². The predicted octanol–water partition coefficient (Wildman–Crippen LogP) is 1.69. The van der Waals surface area contributed by atoms with Gasteiger partial charge < -0.3 is 15.5 Å². The Kier molecular flexibility index (Phi) is 5.62. The molecule has 0 atom stereocenters. The first-order chi connectivity index (χ1) is 12.0. The molecule has 1 aromatic heterocycles. The third kappa shape index (κ3) is 4.53. The van der Waals surface area contributed by atoms with Crippen molar-refractivity contribution in [3.63, 3.8) is 0 Å². The minimum Gasteiger partial charge on any atom is -0.382 e. The average Bonchev–Trinajstić information content (AvgIpc) is 3.06. The molecule has 0 unspecified atom stereocenters. The van der Waals surface area contributed by atoms with Crippen molar-refractivity contribution in [3.05, 3.63) is 40.4 Å². The lowest BCUT2D eigenvalue weighted by molar-refractivity contribution is 0.155. The largest absolute Gasteiger partial charge is 0.382 e. The Morgan fingerprint density at radius 1 is 1.32 bits per heavy atom. The van der Waals surface area contributed by atoms with Crippen molar-refractivity contribution in [2.75, 3.05) is 39.8 Å². The lowest BCUT2D eigenvalue weighted by atomic mass is 10.2. The number of benzene rings is 1. The van der Waals surface area contributed by atoms with Crippen molar-refractivity contribution >= 4 is 23.1 Å². The van der Waals surface area contributed by atoms with Crippen LogP contribution in [0.5, 0.6) is 0 Å². The molecule has 0 radical (unpaired) electrons. The van der Waals surface area contributed by atoms with Crippen molar-refractivity contribution in [3.8, 4) is 0 Å². The minimum absolute atomic E-state index is 0.0115. The molecule has 0 saturated carbocycles. The Hall–Kier alpha value is -2.03. The number of rotatable bonds is 5. The number of aliphatic imine (C=N–C) groups is 1. The van der Waals surface area contributed by atoms with Crippen LogP contribution in [0.2, 0.25) is 5.02 Å². The molecule has 9 heteroatoms. The highest BCUT2D eigenvalue weighted by Gasteiger charge is 2.18. The second kappa shape index (κ2) is 7.90. The van der Waals surface area contributed by atoms with Gasteiger partial charge in [0.2, 0.25) is 0 Å². The first-order valence-electron chi connectivity index (χ1n) is 8.05. The highest BCUT2D eigenvalue weighted by Crippen LogP contribution is 2.22. The Morgan fingerprint density at radius 3 is 2.80 bits per heavy atom. The van der Waals surface area contributed by atoms with Gasteiger partial charge in [-0.2, -0.15) is 0 Å². The Balaban J connectivity index is 1.67. The maximum absolute atomic E-state index is 13.2. The van der Waals surface area contributed by atoms with E-state index in [0.29, 0.717) is 23.5 Å². The Labute approximate surface area is 150 Å². The van der Waals surface area contributed by atoms with E-state index < -0.39 is 5.82 Å². The topological polar surface area (TPSA) is 83.8 Å². The number of hydrogen-bond acceptors (Lipinski definition) is 6. The molecule has 2 aromatic rings. The zero-order chi connectivity index (χ0) is 17.8. The molecule has 1 aromatic carbocycles. The lowest BCUT2D eigenvalue weighted by Gasteiger charge is -2.32. The molecule has 1 aliphatic heterocycles. The van der Waals surface area contributed by atoms with Crippen LogP contribution in [0.3, 0.4) is 0 Å². The average molecular weight is 367 g/mol. The second-order valence-corrected chi connectivity index (χ2v) is 6.46. The van der Waals surface area contributed by atoms with Crippen LogP contribution in [0.4, 0.5) is 10.1 Å². The first kappa shape index (κ1) is 17.8. The lowest BCUT2D eigenvalue weighted by Crippen LogP contribution is -2.45. The van der Waals surface area contributed by atoms with Crippen LogP contribution in [0.25, 0.3) is 0 Å². The highest BCUT2D eigenvalue weighted by atomic mass is 35.5. The highest BCUT2D eigenvalue weighted by molar-refractivity contribution is 6.31. The fraction of sp³-hybridized carbons (Fsp3) is 0.438. The summed E-state index contributed by atoms with van der Waals surface area (Å²) in [5, 5.41) is 7.78. The van der Waals surface area contributed by atoms with Crippen molar-refractivity contribution in [2.45, 2.75) is 6.42 Å². The molecular formula is C16H20ClFN6O. The summed E-state index contributed by atoms with van der Waals surface area (Å²) in [6.45, 7) is 5.01. The number of nitrogens with zero attached hydrogens (tertiary/aromatic N) is 5. The smallest absolute Gasteiger partial charge is 0.173 e. The Morgan fingerprint density at radius 2 is 2.08 bits per heavy atom. The summed E-state index contributed by atoms with van der Waals surface area (Å²) < 4.78 is 18.0. The van der Waals surface area contributed by atoms with Gasteiger partial charge >= 0.3 is 0 Å². The molecule has 2 heterocycles. The van der Waals surface area contributed by atoms with Gasteiger partial charge in [-0.15, -0.1) is 0 Å². The summed E-state index contributed by atoms with van der Waals surface area (Å²) in [6, 6.07) is 4.14. The fourth-order valence-electron chi connectivity index (χ4n) is 2.65. The van der Waals surface area contributed by atoms with E-state index >= 15 is 0 Å². The molecule has 25 heavy (non-hydrogen) atoms. The fourth-order valence-corrected chi connectivity index (χ4v) is 2.82. The minimum atomic E-state index is -0.504. The molecular weight excluding hydrogens is 347 g/mol. The van der Waals surface area contributed by atoms with Crippen LogP contribution >= 0.6 is 11.6 Å². The van der Waals surface area contributed by atoms with E-state index in [1.165, 1.54) is 18.2 Å². The standard InChI is InChI=1S/C16H20ClFN6O/c1-23-6-8-24(9-7-23)5-4-14-15(22-25-21-14)16(19)20-11-2-3-13(18)12(17)10-11/h2-3,10H,4-9H2,1H3,(H2,19,20). The van der Waals surface area contributed by atoms with Crippen LogP contribution in [-0.2, 0) is 6.42 Å². The van der Waals surface area contributed by atoms with Crippen molar-refractivity contribution in [2.24, 2.45) is 10.7 Å². The third-order valence-electron chi connectivity index (χ3n) is 4.21. The summed E-state index contributed by atoms with van der Waals surface area (Å²) in [5.41, 5.74) is 7.53. The maximum atomic E-state index is 13.2. The number of likely N-dealkylation sites (N-methyl/N-ethyl adjacent to an activating group) is 1. The zero-order valence-corrected chi connectivity index (χ0v) is 14.7. The molecule has 7 nitrogen and oxygen atoms in total. The second-order valence-electron chi connectivity index (χ2n) is 6.05. The number of piperazine rings is 1. The summed E-state index contributed by atoms with van der Waals surface area (Å²) >= 11 is 5.76. The molecule has 3 rings (SSSR count). The van der Waals surface area contributed by atoms with Gasteiger partial charge in [-0.3, -0.25) is 0 Å². The number of amidine groups is 1. The summed E-state index contributed by atoms with van der Waals surface area (Å²) in [4.78, 5) is 8.90. The zero-order valence-electron chi connectivity index (χ0n) is 14.0. The van der Waals surface area contributed by atoms with Gasteiger partial charge in [-0.1, -0.05) is 16.8 Å². The van der Waals surface area contributed by atoms with E-state index in [-0.39, 0.29) is 10.9 Å².